The van der Waals surface area contributed by atoms with E-state index in [1.807, 2.05) is 6.92 Å². The predicted octanol–water partition coefficient (Wildman–Crippen LogP) is 2.21. The maximum atomic E-state index is 12.0. The third-order valence-electron chi connectivity index (χ3n) is 3.81. The minimum absolute atomic E-state index is 0.287. The Morgan fingerprint density at radius 2 is 2.00 bits per heavy atom. The molecule has 1 aromatic rings. The van der Waals surface area contributed by atoms with Crippen LogP contribution in [0.5, 0.6) is 0 Å². The van der Waals surface area contributed by atoms with E-state index in [2.05, 4.69) is 17.0 Å². The lowest BCUT2D eigenvalue weighted by Gasteiger charge is -2.15. The lowest BCUT2D eigenvalue weighted by molar-refractivity contribution is 0.108. The molecule has 0 spiro atoms. The summed E-state index contributed by atoms with van der Waals surface area (Å²) in [5.74, 6) is 0.514. The second-order valence-corrected chi connectivity index (χ2v) is 7.19. The van der Waals surface area contributed by atoms with Crippen molar-refractivity contribution in [1.29, 1.82) is 0 Å². The number of hydrogen-bond donors (Lipinski definition) is 2. The zero-order valence-electron chi connectivity index (χ0n) is 12.6. The van der Waals surface area contributed by atoms with E-state index in [1.165, 1.54) is 0 Å². The molecule has 1 saturated heterocycles. The molecule has 0 aliphatic carbocycles. The summed E-state index contributed by atoms with van der Waals surface area (Å²) < 4.78 is 32.0. The second-order valence-electron chi connectivity index (χ2n) is 5.43. The van der Waals surface area contributed by atoms with Crippen LogP contribution >= 0.6 is 0 Å². The van der Waals surface area contributed by atoms with Gasteiger partial charge in [-0.2, -0.15) is 0 Å². The standard InChI is InChI=1S/C15H24N2O3S/c1-3-9-17-21(18,19)15-6-4-14(5-7-15)16-11-13-8-10-20-12(13)2/h4-7,12-13,16-17H,3,8-11H2,1-2H3. The van der Waals surface area contributed by atoms with Crippen LogP contribution in [0.1, 0.15) is 26.7 Å². The maximum Gasteiger partial charge on any atom is 0.240 e. The topological polar surface area (TPSA) is 67.4 Å². The van der Waals surface area contributed by atoms with Gasteiger partial charge in [0, 0.05) is 31.3 Å². The van der Waals surface area contributed by atoms with Crippen LogP contribution in [0.4, 0.5) is 5.69 Å². The number of sulfonamides is 1. The molecule has 5 nitrogen and oxygen atoms in total. The Morgan fingerprint density at radius 3 is 2.57 bits per heavy atom. The molecule has 118 valence electrons. The number of hydrogen-bond acceptors (Lipinski definition) is 4. The van der Waals surface area contributed by atoms with Gasteiger partial charge in [0.1, 0.15) is 0 Å². The van der Waals surface area contributed by atoms with E-state index in [0.29, 0.717) is 17.4 Å². The monoisotopic (exact) mass is 312 g/mol. The van der Waals surface area contributed by atoms with E-state index in [-0.39, 0.29) is 6.10 Å². The van der Waals surface area contributed by atoms with Crippen molar-refractivity contribution in [1.82, 2.24) is 4.72 Å². The normalized spacial score (nSPS) is 22.4. The van der Waals surface area contributed by atoms with Crippen molar-refractivity contribution in [2.75, 3.05) is 25.0 Å². The molecule has 6 heteroatoms. The van der Waals surface area contributed by atoms with Crippen molar-refractivity contribution in [3.63, 3.8) is 0 Å². The highest BCUT2D eigenvalue weighted by molar-refractivity contribution is 7.89. The molecule has 2 atom stereocenters. The fourth-order valence-corrected chi connectivity index (χ4v) is 3.50. The van der Waals surface area contributed by atoms with Gasteiger partial charge in [-0.15, -0.1) is 0 Å². The summed E-state index contributed by atoms with van der Waals surface area (Å²) in [7, 11) is -3.38. The third kappa shape index (κ3) is 4.43. The first-order valence-electron chi connectivity index (χ1n) is 7.48. The lowest BCUT2D eigenvalue weighted by atomic mass is 10.0. The number of rotatable bonds is 7. The molecule has 0 radical (unpaired) electrons. The number of benzene rings is 1. The fraction of sp³-hybridized carbons (Fsp3) is 0.600. The van der Waals surface area contributed by atoms with E-state index >= 15 is 0 Å². The number of ether oxygens (including phenoxy) is 1. The van der Waals surface area contributed by atoms with Gasteiger partial charge in [0.2, 0.25) is 10.0 Å². The molecule has 1 aliphatic heterocycles. The highest BCUT2D eigenvalue weighted by Crippen LogP contribution is 2.21. The first kappa shape index (κ1) is 16.3. The second kappa shape index (κ2) is 7.24. The fourth-order valence-electron chi connectivity index (χ4n) is 2.36. The smallest absolute Gasteiger partial charge is 0.240 e. The van der Waals surface area contributed by atoms with Gasteiger partial charge in [-0.1, -0.05) is 6.92 Å². The van der Waals surface area contributed by atoms with Crippen molar-refractivity contribution in [3.8, 4) is 0 Å². The molecule has 1 fully saturated rings. The van der Waals surface area contributed by atoms with Crippen LogP contribution in [0.15, 0.2) is 29.2 Å². The van der Waals surface area contributed by atoms with Crippen LogP contribution < -0.4 is 10.0 Å². The average Bonchev–Trinajstić information content (AvgIpc) is 2.89. The maximum absolute atomic E-state index is 12.0. The molecule has 0 amide bonds. The van der Waals surface area contributed by atoms with Gasteiger partial charge in [0.05, 0.1) is 11.0 Å². The van der Waals surface area contributed by atoms with Crippen molar-refractivity contribution in [2.24, 2.45) is 5.92 Å². The Bertz CT molecular complexity index is 543. The van der Waals surface area contributed by atoms with Crippen molar-refractivity contribution >= 4 is 15.7 Å². The van der Waals surface area contributed by atoms with Gasteiger partial charge < -0.3 is 10.1 Å². The molecule has 0 saturated carbocycles. The van der Waals surface area contributed by atoms with Crippen molar-refractivity contribution in [2.45, 2.75) is 37.7 Å². The van der Waals surface area contributed by atoms with Gasteiger partial charge in [0.25, 0.3) is 0 Å². The van der Waals surface area contributed by atoms with Crippen molar-refractivity contribution in [3.05, 3.63) is 24.3 Å². The zero-order chi connectivity index (χ0) is 15.3. The van der Waals surface area contributed by atoms with Crippen LogP contribution in [-0.4, -0.2) is 34.2 Å². The summed E-state index contributed by atoms with van der Waals surface area (Å²) in [5, 5.41) is 3.34. The summed E-state index contributed by atoms with van der Waals surface area (Å²) in [5.41, 5.74) is 0.934. The molecule has 21 heavy (non-hydrogen) atoms. The average molecular weight is 312 g/mol. The molecule has 1 heterocycles. The third-order valence-corrected chi connectivity index (χ3v) is 5.29. The number of anilines is 1. The van der Waals surface area contributed by atoms with Crippen molar-refractivity contribution < 1.29 is 13.2 Å². The molecule has 2 unspecified atom stereocenters. The minimum atomic E-state index is -3.38. The molecule has 0 bridgehead atoms. The van der Waals surface area contributed by atoms with E-state index in [9.17, 15) is 8.42 Å². The predicted molar refractivity (Wildman–Crippen MR) is 83.9 cm³/mol. The van der Waals surface area contributed by atoms with E-state index in [1.54, 1.807) is 24.3 Å². The quantitative estimate of drug-likeness (QED) is 0.810. The van der Waals surface area contributed by atoms with Gasteiger partial charge in [-0.05, 0) is 44.0 Å². The molecule has 2 rings (SSSR count). The van der Waals surface area contributed by atoms with Crippen LogP contribution in [0, 0.1) is 5.92 Å². The van der Waals surface area contributed by atoms with Crippen LogP contribution in [0.2, 0.25) is 0 Å². The molecule has 1 aliphatic rings. The molecule has 1 aromatic carbocycles. The van der Waals surface area contributed by atoms with E-state index < -0.39 is 10.0 Å². The Labute approximate surface area is 127 Å². The molecule has 2 N–H and O–H groups in total. The van der Waals surface area contributed by atoms with Gasteiger partial charge in [-0.3, -0.25) is 0 Å². The Kier molecular flexibility index (Phi) is 5.61. The molecule has 0 aromatic heterocycles. The first-order chi connectivity index (χ1) is 10.0. The Hall–Kier alpha value is -1.11. The lowest BCUT2D eigenvalue weighted by Crippen LogP contribution is -2.24. The summed E-state index contributed by atoms with van der Waals surface area (Å²) >= 11 is 0. The van der Waals surface area contributed by atoms with Crippen LogP contribution in [-0.2, 0) is 14.8 Å². The van der Waals surface area contributed by atoms with Gasteiger partial charge >= 0.3 is 0 Å². The van der Waals surface area contributed by atoms with Crippen LogP contribution in [0.25, 0.3) is 0 Å². The zero-order valence-corrected chi connectivity index (χ0v) is 13.4. The number of nitrogens with one attached hydrogen (secondary N) is 2. The summed E-state index contributed by atoms with van der Waals surface area (Å²) in [6.07, 6.45) is 2.14. The Morgan fingerprint density at radius 1 is 1.29 bits per heavy atom. The molecular formula is C15H24N2O3S. The summed E-state index contributed by atoms with van der Waals surface area (Å²) in [6.45, 7) is 6.16. The van der Waals surface area contributed by atoms with E-state index in [4.69, 9.17) is 4.74 Å². The summed E-state index contributed by atoms with van der Waals surface area (Å²) in [4.78, 5) is 0.305. The highest BCUT2D eigenvalue weighted by Gasteiger charge is 2.23. The van der Waals surface area contributed by atoms with Gasteiger partial charge in [-0.25, -0.2) is 13.1 Å². The van der Waals surface area contributed by atoms with Gasteiger partial charge in [0.15, 0.2) is 0 Å². The highest BCUT2D eigenvalue weighted by atomic mass is 32.2. The summed E-state index contributed by atoms with van der Waals surface area (Å²) in [6, 6.07) is 6.88. The SMILES string of the molecule is CCCNS(=O)(=O)c1ccc(NCC2CCOC2C)cc1. The Balaban J connectivity index is 1.92. The largest absolute Gasteiger partial charge is 0.385 e. The minimum Gasteiger partial charge on any atom is -0.385 e. The van der Waals surface area contributed by atoms with E-state index in [0.717, 1.165) is 31.7 Å². The first-order valence-corrected chi connectivity index (χ1v) is 8.96. The van der Waals surface area contributed by atoms with Crippen LogP contribution in [0.3, 0.4) is 0 Å². The molecular weight excluding hydrogens is 288 g/mol.